The van der Waals surface area contributed by atoms with Crippen LogP contribution in [0.25, 0.3) is 0 Å². The van der Waals surface area contributed by atoms with Crippen molar-refractivity contribution in [1.82, 2.24) is 10.2 Å². The average molecular weight is 459 g/mol. The molecule has 26 heavy (non-hydrogen) atoms. The van der Waals surface area contributed by atoms with Gasteiger partial charge in [-0.15, -0.1) is 6.20 Å². The maximum Gasteiger partial charge on any atom is 0.255 e. The first-order valence-corrected chi connectivity index (χ1v) is 8.14. The zero-order chi connectivity index (χ0) is 17.8. The first kappa shape index (κ1) is 20.1. The number of hydrogen-bond donors (Lipinski definition) is 1. The zero-order valence-corrected chi connectivity index (χ0v) is 16.1. The summed E-state index contributed by atoms with van der Waals surface area (Å²) in [6.45, 7) is 2.02. The molecule has 0 aliphatic heterocycles. The number of carbonyl (C=O) groups excluding carboxylic acids is 2. The van der Waals surface area contributed by atoms with E-state index in [0.717, 1.165) is 12.0 Å². The predicted octanol–water partition coefficient (Wildman–Crippen LogP) is 3.74. The molecule has 1 N–H and O–H groups in total. The maximum absolute atomic E-state index is 12.6. The summed E-state index contributed by atoms with van der Waals surface area (Å²) in [6, 6.07) is 12.1. The maximum atomic E-state index is 12.6. The van der Waals surface area contributed by atoms with Gasteiger partial charge in [-0.3, -0.25) is 9.59 Å². The standard InChI is InChI=1S/C19H16ClN3O2.Pd/c1-2-12-4-3-5-13(8-12)19(25)23-17-7-6-15(20)9-16(17)18(24)14-10-21-22-11-14;/h3-11H,2H2,1H3,(H2,21,22,23,24,25);/p-1. The van der Waals surface area contributed by atoms with Crippen LogP contribution in [0.2, 0.25) is 5.02 Å². The minimum absolute atomic E-state index is 0. The van der Waals surface area contributed by atoms with Gasteiger partial charge in [0.05, 0.1) is 5.69 Å². The molecule has 5 nitrogen and oxygen atoms in total. The van der Waals surface area contributed by atoms with Crippen LogP contribution in [-0.2, 0) is 26.8 Å². The fourth-order valence-corrected chi connectivity index (χ4v) is 2.61. The van der Waals surface area contributed by atoms with Crippen LogP contribution >= 0.6 is 11.6 Å². The summed E-state index contributed by atoms with van der Waals surface area (Å²) in [5.74, 6) is -0.587. The van der Waals surface area contributed by atoms with Crippen LogP contribution < -0.4 is 10.4 Å². The molecule has 0 atom stereocenters. The van der Waals surface area contributed by atoms with Gasteiger partial charge in [0, 0.05) is 48.3 Å². The molecule has 0 fully saturated rings. The molecular formula is C19H15ClN3O2Pd-. The van der Waals surface area contributed by atoms with Crippen molar-refractivity contribution in [2.45, 2.75) is 13.3 Å². The molecule has 1 heterocycles. The second-order valence-electron chi connectivity index (χ2n) is 5.47. The van der Waals surface area contributed by atoms with Gasteiger partial charge in [0.1, 0.15) is 0 Å². The minimum atomic E-state index is -0.301. The molecule has 7 heteroatoms. The summed E-state index contributed by atoms with van der Waals surface area (Å²) in [6.07, 6.45) is 3.59. The molecule has 3 aromatic rings. The van der Waals surface area contributed by atoms with Gasteiger partial charge in [-0.25, -0.2) is 0 Å². The largest absolute Gasteiger partial charge is 0.581 e. The van der Waals surface area contributed by atoms with Crippen molar-refractivity contribution in [3.8, 4) is 0 Å². The van der Waals surface area contributed by atoms with Crippen LogP contribution in [0.5, 0.6) is 0 Å². The number of aromatic nitrogens is 2. The van der Waals surface area contributed by atoms with E-state index in [1.54, 1.807) is 18.2 Å². The van der Waals surface area contributed by atoms with Crippen LogP contribution in [-0.4, -0.2) is 16.8 Å². The van der Waals surface area contributed by atoms with Crippen molar-refractivity contribution in [2.24, 2.45) is 0 Å². The molecule has 0 aliphatic rings. The van der Waals surface area contributed by atoms with E-state index >= 15 is 0 Å². The fraction of sp³-hybridized carbons (Fsp3) is 0.105. The molecule has 0 bridgehead atoms. The molecule has 0 radical (unpaired) electrons. The number of ketones is 1. The predicted molar refractivity (Wildman–Crippen MR) is 96.2 cm³/mol. The number of benzene rings is 2. The van der Waals surface area contributed by atoms with Gasteiger partial charge in [0.25, 0.3) is 5.91 Å². The molecule has 0 spiro atoms. The number of nitrogens with one attached hydrogen (secondary N) is 1. The van der Waals surface area contributed by atoms with Gasteiger partial charge in [-0.1, -0.05) is 30.7 Å². The number of carbonyl (C=O) groups is 2. The molecule has 1 amide bonds. The first-order chi connectivity index (χ1) is 12.1. The molecule has 2 aromatic carbocycles. The van der Waals surface area contributed by atoms with E-state index in [1.807, 2.05) is 25.1 Å². The van der Waals surface area contributed by atoms with Gasteiger partial charge in [0.15, 0.2) is 5.78 Å². The van der Waals surface area contributed by atoms with Crippen LogP contribution in [0.1, 0.15) is 38.8 Å². The topological polar surface area (TPSA) is 73.2 Å². The Morgan fingerprint density at radius 1 is 1.15 bits per heavy atom. The minimum Gasteiger partial charge on any atom is -0.581 e. The number of rotatable bonds is 5. The van der Waals surface area contributed by atoms with Crippen LogP contribution in [0, 0.1) is 0 Å². The SMILES string of the molecule is CCc1cccc(C(=O)Nc2ccc(Cl)cc2C(=O)c2cn[n-]c2)c1.[Pd]. The smallest absolute Gasteiger partial charge is 0.255 e. The van der Waals surface area contributed by atoms with Gasteiger partial charge in [-0.05, 0) is 42.3 Å². The van der Waals surface area contributed by atoms with Gasteiger partial charge < -0.3 is 15.5 Å². The Labute approximate surface area is 169 Å². The van der Waals surface area contributed by atoms with Crippen molar-refractivity contribution >= 4 is 29.0 Å². The Bertz CT molecular complexity index is 926. The second kappa shape index (κ2) is 8.91. The molecule has 0 saturated carbocycles. The Balaban J connectivity index is 0.00000243. The average Bonchev–Trinajstić information content (AvgIpc) is 3.17. The monoisotopic (exact) mass is 458 g/mol. The third kappa shape index (κ3) is 4.47. The van der Waals surface area contributed by atoms with E-state index in [4.69, 9.17) is 11.6 Å². The Morgan fingerprint density at radius 3 is 2.65 bits per heavy atom. The normalized spacial score (nSPS) is 10.1. The number of halogens is 1. The van der Waals surface area contributed by atoms with Crippen molar-refractivity contribution in [3.05, 3.63) is 82.1 Å². The summed E-state index contributed by atoms with van der Waals surface area (Å²) in [7, 11) is 0. The Hall–Kier alpha value is -2.26. The number of hydrogen-bond acceptors (Lipinski definition) is 3. The fourth-order valence-electron chi connectivity index (χ4n) is 2.44. The molecule has 0 unspecified atom stereocenters. The molecular weight excluding hydrogens is 444 g/mol. The number of nitrogens with zero attached hydrogens (tertiary/aromatic N) is 2. The number of amides is 1. The van der Waals surface area contributed by atoms with Crippen molar-refractivity contribution in [2.75, 3.05) is 5.32 Å². The van der Waals surface area contributed by atoms with Gasteiger partial charge in [-0.2, -0.15) is 0 Å². The van der Waals surface area contributed by atoms with Crippen LogP contribution in [0.15, 0.2) is 54.9 Å². The van der Waals surface area contributed by atoms with E-state index in [1.165, 1.54) is 18.5 Å². The van der Waals surface area contributed by atoms with E-state index in [-0.39, 0.29) is 32.1 Å². The van der Waals surface area contributed by atoms with E-state index in [2.05, 4.69) is 15.5 Å². The quantitative estimate of drug-likeness (QED) is 0.466. The number of aryl methyl sites for hydroxylation is 1. The van der Waals surface area contributed by atoms with Gasteiger partial charge in [0.2, 0.25) is 0 Å². The van der Waals surface area contributed by atoms with Crippen molar-refractivity contribution in [3.63, 3.8) is 0 Å². The summed E-state index contributed by atoms with van der Waals surface area (Å²) in [5, 5.41) is 10.5. The molecule has 0 aliphatic carbocycles. The summed E-state index contributed by atoms with van der Waals surface area (Å²) >= 11 is 6.02. The summed E-state index contributed by atoms with van der Waals surface area (Å²) < 4.78 is 0. The third-order valence-electron chi connectivity index (χ3n) is 3.79. The first-order valence-electron chi connectivity index (χ1n) is 7.76. The van der Waals surface area contributed by atoms with Crippen LogP contribution in [0.4, 0.5) is 5.69 Å². The molecule has 1 aromatic heterocycles. The van der Waals surface area contributed by atoms with E-state index in [0.29, 0.717) is 27.4 Å². The molecule has 136 valence electrons. The van der Waals surface area contributed by atoms with E-state index < -0.39 is 0 Å². The molecule has 0 saturated heterocycles. The van der Waals surface area contributed by atoms with E-state index in [9.17, 15) is 9.59 Å². The van der Waals surface area contributed by atoms with Crippen molar-refractivity contribution < 1.29 is 30.0 Å². The summed E-state index contributed by atoms with van der Waals surface area (Å²) in [5.41, 5.74) is 2.62. The molecule has 3 rings (SSSR count). The van der Waals surface area contributed by atoms with Crippen molar-refractivity contribution in [1.29, 1.82) is 0 Å². The van der Waals surface area contributed by atoms with Crippen LogP contribution in [0.3, 0.4) is 0 Å². The second-order valence-corrected chi connectivity index (χ2v) is 5.91. The zero-order valence-electron chi connectivity index (χ0n) is 13.8. The van der Waals surface area contributed by atoms with Gasteiger partial charge >= 0.3 is 0 Å². The Kier molecular flexibility index (Phi) is 6.87. The Morgan fingerprint density at radius 2 is 1.96 bits per heavy atom. The third-order valence-corrected chi connectivity index (χ3v) is 4.03. The summed E-state index contributed by atoms with van der Waals surface area (Å²) in [4.78, 5) is 25.2. The number of anilines is 1.